The molecule has 3 atom stereocenters. The summed E-state index contributed by atoms with van der Waals surface area (Å²) in [5, 5.41) is 20.3. The topological polar surface area (TPSA) is 90.5 Å². The van der Waals surface area contributed by atoms with Gasteiger partial charge in [0.15, 0.2) is 0 Å². The third kappa shape index (κ3) is 8.87. The molecular weight excluding hydrogens is 671 g/mol. The summed E-state index contributed by atoms with van der Waals surface area (Å²) in [6.07, 6.45) is 3.87. The van der Waals surface area contributed by atoms with E-state index in [9.17, 15) is 14.7 Å². The average Bonchev–Trinajstić information content (AvgIpc) is 3.62. The van der Waals surface area contributed by atoms with Crippen molar-refractivity contribution in [3.05, 3.63) is 173 Å². The summed E-state index contributed by atoms with van der Waals surface area (Å²) < 4.78 is -0.417. The lowest BCUT2D eigenvalue weighted by Crippen LogP contribution is -2.41. The summed E-state index contributed by atoms with van der Waals surface area (Å²) in [4.78, 5) is 25.8. The highest BCUT2D eigenvalue weighted by Gasteiger charge is 2.42. The predicted molar refractivity (Wildman–Crippen MR) is 213 cm³/mol. The number of benzene rings is 5. The molecule has 0 saturated carbocycles. The Morgan fingerprint density at radius 2 is 1.39 bits per heavy atom. The molecule has 6 rings (SSSR count). The summed E-state index contributed by atoms with van der Waals surface area (Å²) in [5.41, 5.74) is 6.97. The molecule has 0 bridgehead atoms. The van der Waals surface area contributed by atoms with Gasteiger partial charge in [-0.1, -0.05) is 127 Å². The normalized spacial score (nSPS) is 16.3. The maximum Gasteiger partial charge on any atom is 0.326 e. The van der Waals surface area contributed by atoms with Gasteiger partial charge in [-0.3, -0.25) is 4.79 Å². The standard InChI is InChI=1S/C43H45N3O3S2/c1-50-27-25-38(42(48)49)46-41(47)37-29-36(23-22-32(37)28-31-14-6-2-7-15-31)45-30-39-40(24-26-44-39)51-43(33-16-8-3-9-17-33,34-18-10-4-11-19-34)35-20-12-5-13-21-35/h2-23,29,38-40,44-45H,24-28,30H2,1H3,(H,46,47)(H,48,49)/t38-,39-,40-/m0/s1. The number of anilines is 1. The van der Waals surface area contributed by atoms with Crippen LogP contribution in [0.5, 0.6) is 0 Å². The first kappa shape index (κ1) is 36.3. The highest BCUT2D eigenvalue weighted by molar-refractivity contribution is 8.01. The van der Waals surface area contributed by atoms with E-state index < -0.39 is 16.8 Å². The van der Waals surface area contributed by atoms with Gasteiger partial charge in [0, 0.05) is 29.1 Å². The number of carbonyl (C=O) groups excluding carboxylic acids is 1. The van der Waals surface area contributed by atoms with Crippen molar-refractivity contribution in [1.82, 2.24) is 10.6 Å². The predicted octanol–water partition coefficient (Wildman–Crippen LogP) is 8.08. The van der Waals surface area contributed by atoms with Crippen LogP contribution in [-0.4, -0.2) is 59.4 Å². The molecule has 1 saturated heterocycles. The lowest BCUT2D eigenvalue weighted by molar-refractivity contribution is -0.139. The lowest BCUT2D eigenvalue weighted by Gasteiger charge is -2.38. The van der Waals surface area contributed by atoms with E-state index in [1.807, 2.05) is 66.5 Å². The fourth-order valence-corrected chi connectivity index (χ4v) is 9.20. The Kier molecular flexibility index (Phi) is 12.5. The first-order chi connectivity index (χ1) is 25.0. The Bertz CT molecular complexity index is 1760. The van der Waals surface area contributed by atoms with E-state index >= 15 is 0 Å². The van der Waals surface area contributed by atoms with E-state index in [2.05, 4.69) is 107 Å². The Balaban J connectivity index is 1.27. The monoisotopic (exact) mass is 715 g/mol. The zero-order chi connectivity index (χ0) is 35.5. The van der Waals surface area contributed by atoms with Crippen LogP contribution in [0.4, 0.5) is 5.69 Å². The molecule has 1 fully saturated rings. The molecule has 51 heavy (non-hydrogen) atoms. The number of thioether (sulfide) groups is 2. The molecule has 0 spiro atoms. The van der Waals surface area contributed by atoms with Crippen molar-refractivity contribution in [1.29, 1.82) is 0 Å². The second-order valence-electron chi connectivity index (χ2n) is 12.8. The van der Waals surface area contributed by atoms with E-state index in [1.54, 1.807) is 11.8 Å². The first-order valence-electron chi connectivity index (χ1n) is 17.5. The van der Waals surface area contributed by atoms with Crippen molar-refractivity contribution in [2.45, 2.75) is 41.3 Å². The zero-order valence-electron chi connectivity index (χ0n) is 28.8. The van der Waals surface area contributed by atoms with Crippen molar-refractivity contribution in [2.24, 2.45) is 0 Å². The van der Waals surface area contributed by atoms with Gasteiger partial charge < -0.3 is 21.1 Å². The number of hydrogen-bond acceptors (Lipinski definition) is 6. The number of carboxylic acids is 1. The van der Waals surface area contributed by atoms with Crippen LogP contribution in [0, 0.1) is 0 Å². The minimum absolute atomic E-state index is 0.162. The maximum absolute atomic E-state index is 13.7. The van der Waals surface area contributed by atoms with E-state index in [-0.39, 0.29) is 17.2 Å². The van der Waals surface area contributed by atoms with Crippen molar-refractivity contribution in [2.75, 3.05) is 30.4 Å². The molecule has 5 aromatic carbocycles. The average molecular weight is 716 g/mol. The molecule has 262 valence electrons. The van der Waals surface area contributed by atoms with Gasteiger partial charge >= 0.3 is 5.97 Å². The molecule has 4 N–H and O–H groups in total. The molecule has 1 amide bonds. The van der Waals surface area contributed by atoms with Gasteiger partial charge in [-0.05, 0) is 77.8 Å². The van der Waals surface area contributed by atoms with Crippen molar-refractivity contribution < 1.29 is 14.7 Å². The molecule has 0 aliphatic carbocycles. The fraction of sp³-hybridized carbons (Fsp3) is 0.256. The van der Waals surface area contributed by atoms with E-state index in [1.165, 1.54) is 16.7 Å². The molecular formula is C43H45N3O3S2. The molecule has 0 unspecified atom stereocenters. The van der Waals surface area contributed by atoms with Gasteiger partial charge in [0.25, 0.3) is 5.91 Å². The Morgan fingerprint density at radius 3 is 1.94 bits per heavy atom. The van der Waals surface area contributed by atoms with Gasteiger partial charge in [0.1, 0.15) is 6.04 Å². The Hall–Kier alpha value is -4.50. The fourth-order valence-electron chi connectivity index (χ4n) is 6.86. The minimum Gasteiger partial charge on any atom is -0.480 e. The number of rotatable bonds is 16. The number of aliphatic carboxylic acids is 1. The SMILES string of the molecule is CSCC[C@H](NC(=O)c1cc(NC[C@@H]2NCC[C@@H]2SC(c2ccccc2)(c2ccccc2)c2ccccc2)ccc1Cc1ccccc1)C(=O)O. The van der Waals surface area contributed by atoms with Crippen LogP contribution < -0.4 is 16.0 Å². The Labute approximate surface area is 309 Å². The number of hydrogen-bond donors (Lipinski definition) is 4. The third-order valence-corrected chi connectivity index (χ3v) is 12.1. The molecule has 1 heterocycles. The van der Waals surface area contributed by atoms with Crippen molar-refractivity contribution >= 4 is 41.1 Å². The summed E-state index contributed by atoms with van der Waals surface area (Å²) in [5.74, 6) is -0.753. The minimum atomic E-state index is -1.02. The summed E-state index contributed by atoms with van der Waals surface area (Å²) in [6.45, 7) is 1.57. The Morgan fingerprint density at radius 1 is 0.824 bits per heavy atom. The van der Waals surface area contributed by atoms with E-state index in [4.69, 9.17) is 0 Å². The van der Waals surface area contributed by atoms with Crippen LogP contribution >= 0.6 is 23.5 Å². The summed E-state index contributed by atoms with van der Waals surface area (Å²) in [7, 11) is 0. The van der Waals surface area contributed by atoms with Crippen LogP contribution in [0.15, 0.2) is 140 Å². The zero-order valence-corrected chi connectivity index (χ0v) is 30.5. The van der Waals surface area contributed by atoms with Crippen LogP contribution in [0.3, 0.4) is 0 Å². The van der Waals surface area contributed by atoms with E-state index in [0.717, 1.165) is 29.8 Å². The largest absolute Gasteiger partial charge is 0.480 e. The second kappa shape index (κ2) is 17.6. The van der Waals surface area contributed by atoms with Gasteiger partial charge in [-0.15, -0.1) is 11.8 Å². The van der Waals surface area contributed by atoms with Crippen molar-refractivity contribution in [3.63, 3.8) is 0 Å². The number of amides is 1. The molecule has 1 aliphatic heterocycles. The molecule has 0 aromatic heterocycles. The van der Waals surface area contributed by atoms with Crippen LogP contribution in [0.2, 0.25) is 0 Å². The summed E-state index contributed by atoms with van der Waals surface area (Å²) in [6, 6.07) is 47.5. The van der Waals surface area contributed by atoms with Gasteiger partial charge in [0.2, 0.25) is 0 Å². The highest BCUT2D eigenvalue weighted by atomic mass is 32.2. The van der Waals surface area contributed by atoms with E-state index in [0.29, 0.717) is 30.7 Å². The van der Waals surface area contributed by atoms with Crippen LogP contribution in [0.1, 0.15) is 51.0 Å². The molecule has 1 aliphatic rings. The quantitative estimate of drug-likeness (QED) is 0.0769. The molecule has 8 heteroatoms. The molecule has 0 radical (unpaired) electrons. The van der Waals surface area contributed by atoms with Crippen LogP contribution in [0.25, 0.3) is 0 Å². The number of carbonyl (C=O) groups is 2. The van der Waals surface area contributed by atoms with Gasteiger partial charge in [0.05, 0.1) is 4.75 Å². The molecule has 5 aromatic rings. The van der Waals surface area contributed by atoms with Crippen LogP contribution in [-0.2, 0) is 16.0 Å². The third-order valence-electron chi connectivity index (χ3n) is 9.49. The lowest BCUT2D eigenvalue weighted by atomic mass is 9.84. The highest BCUT2D eigenvalue weighted by Crippen LogP contribution is 2.51. The van der Waals surface area contributed by atoms with Crippen molar-refractivity contribution in [3.8, 4) is 0 Å². The number of nitrogens with one attached hydrogen (secondary N) is 3. The number of carboxylic acid groups (broad SMARTS) is 1. The van der Waals surface area contributed by atoms with Gasteiger partial charge in [-0.25, -0.2) is 4.79 Å². The first-order valence-corrected chi connectivity index (χ1v) is 19.8. The van der Waals surface area contributed by atoms with Gasteiger partial charge in [-0.2, -0.15) is 11.8 Å². The summed E-state index contributed by atoms with van der Waals surface area (Å²) >= 11 is 3.57. The maximum atomic E-state index is 13.7. The second-order valence-corrected chi connectivity index (χ2v) is 15.3. The smallest absolute Gasteiger partial charge is 0.326 e. The molecule has 6 nitrogen and oxygen atoms in total.